The Labute approximate surface area is 176 Å². The van der Waals surface area contributed by atoms with Crippen LogP contribution in [0.1, 0.15) is 55.3 Å². The maximum atomic E-state index is 11.1. The normalized spacial score (nSPS) is 23.3. The van der Waals surface area contributed by atoms with Crippen molar-refractivity contribution in [3.05, 3.63) is 65.0 Å². The quantitative estimate of drug-likeness (QED) is 0.606. The van der Waals surface area contributed by atoms with Crippen molar-refractivity contribution < 1.29 is 0 Å². The van der Waals surface area contributed by atoms with Crippen LogP contribution in [0, 0.1) is 4.91 Å². The molecule has 1 N–H and O–H groups in total. The van der Waals surface area contributed by atoms with Gasteiger partial charge in [-0.05, 0) is 74.4 Å². The van der Waals surface area contributed by atoms with E-state index in [-0.39, 0.29) is 6.04 Å². The second kappa shape index (κ2) is 8.11. The zero-order valence-corrected chi connectivity index (χ0v) is 17.3. The number of fused-ring (bicyclic) bond motifs is 1. The Bertz CT molecular complexity index is 1050. The largest absolute Gasteiger partial charge is 0.317 e. The van der Waals surface area contributed by atoms with Gasteiger partial charge in [-0.15, -0.1) is 0 Å². The number of nitrogens with zero attached hydrogens (tertiary/aromatic N) is 4. The van der Waals surface area contributed by atoms with Crippen LogP contribution in [-0.4, -0.2) is 27.9 Å². The van der Waals surface area contributed by atoms with E-state index in [1.807, 2.05) is 24.5 Å². The highest BCUT2D eigenvalue weighted by Gasteiger charge is 2.26. The summed E-state index contributed by atoms with van der Waals surface area (Å²) in [6.07, 6.45) is 12.3. The number of aromatic nitrogens is 3. The summed E-state index contributed by atoms with van der Waals surface area (Å²) in [5, 5.41) is 11.8. The van der Waals surface area contributed by atoms with Crippen molar-refractivity contribution in [2.24, 2.45) is 5.18 Å². The van der Waals surface area contributed by atoms with E-state index in [2.05, 4.69) is 51.6 Å². The number of nitrogens with one attached hydrogen (secondary N) is 1. The van der Waals surface area contributed by atoms with E-state index in [0.717, 1.165) is 53.6 Å². The molecule has 1 aromatic carbocycles. The van der Waals surface area contributed by atoms with Crippen LogP contribution in [0.5, 0.6) is 0 Å². The average molecular weight is 402 g/mol. The van der Waals surface area contributed by atoms with E-state index in [1.54, 1.807) is 0 Å². The Balaban J connectivity index is 1.57. The van der Waals surface area contributed by atoms with Crippen LogP contribution in [0.3, 0.4) is 0 Å². The van der Waals surface area contributed by atoms with Gasteiger partial charge in [0, 0.05) is 35.8 Å². The maximum Gasteiger partial charge on any atom is 0.117 e. The van der Waals surface area contributed by atoms with Crippen LogP contribution in [0.4, 0.5) is 0 Å². The molecule has 0 spiro atoms. The first-order valence-electron chi connectivity index (χ1n) is 10.9. The Morgan fingerprint density at radius 3 is 2.77 bits per heavy atom. The number of hydrogen-bond acceptors (Lipinski definition) is 5. The third-order valence-electron chi connectivity index (χ3n) is 6.74. The Kier molecular flexibility index (Phi) is 5.17. The minimum Gasteiger partial charge on any atom is -0.317 e. The number of nitroso groups, excluding NO2 is 1. The molecular formula is C24H27N5O. The predicted octanol–water partition coefficient (Wildman–Crippen LogP) is 5.07. The molecule has 30 heavy (non-hydrogen) atoms. The van der Waals surface area contributed by atoms with E-state index in [0.29, 0.717) is 12.1 Å². The molecule has 1 fully saturated rings. The van der Waals surface area contributed by atoms with Crippen LogP contribution in [0.15, 0.2) is 54.1 Å². The molecule has 3 unspecified atom stereocenters. The molecule has 1 saturated carbocycles. The van der Waals surface area contributed by atoms with Crippen molar-refractivity contribution in [3.8, 4) is 22.4 Å². The molecule has 0 saturated heterocycles. The molecule has 2 heterocycles. The third kappa shape index (κ3) is 3.45. The minimum atomic E-state index is -0.197. The van der Waals surface area contributed by atoms with E-state index in [4.69, 9.17) is 5.10 Å². The fraction of sp³-hybridized carbons (Fsp3) is 0.417. The van der Waals surface area contributed by atoms with E-state index in [9.17, 15) is 4.91 Å². The van der Waals surface area contributed by atoms with Gasteiger partial charge >= 0.3 is 0 Å². The second-order valence-electron chi connectivity index (χ2n) is 8.49. The van der Waals surface area contributed by atoms with Crippen molar-refractivity contribution in [1.82, 2.24) is 20.1 Å². The fourth-order valence-corrected chi connectivity index (χ4v) is 5.05. The predicted molar refractivity (Wildman–Crippen MR) is 118 cm³/mol. The summed E-state index contributed by atoms with van der Waals surface area (Å²) in [6.45, 7) is 0. The molecule has 3 aromatic rings. The average Bonchev–Trinajstić information content (AvgIpc) is 3.44. The lowest BCUT2D eigenvalue weighted by molar-refractivity contribution is 0.279. The number of pyridine rings is 1. The summed E-state index contributed by atoms with van der Waals surface area (Å²) in [7, 11) is 2.05. The smallest absolute Gasteiger partial charge is 0.117 e. The summed E-state index contributed by atoms with van der Waals surface area (Å²) in [5.74, 6) is 0. The van der Waals surface area contributed by atoms with Crippen LogP contribution >= 0.6 is 0 Å². The molecule has 0 aliphatic heterocycles. The first-order chi connectivity index (χ1) is 14.8. The zero-order valence-electron chi connectivity index (χ0n) is 17.3. The van der Waals surface area contributed by atoms with Gasteiger partial charge in [0.05, 0.1) is 6.04 Å². The molecule has 0 bridgehead atoms. The first-order valence-corrected chi connectivity index (χ1v) is 10.9. The summed E-state index contributed by atoms with van der Waals surface area (Å²) in [5.41, 5.74) is 6.67. The maximum absolute atomic E-state index is 11.1. The summed E-state index contributed by atoms with van der Waals surface area (Å²) in [4.78, 5) is 15.3. The van der Waals surface area contributed by atoms with Crippen molar-refractivity contribution in [2.75, 3.05) is 7.05 Å². The van der Waals surface area contributed by atoms with Crippen molar-refractivity contribution >= 4 is 0 Å². The minimum absolute atomic E-state index is 0.197. The molecule has 3 atom stereocenters. The molecule has 5 rings (SSSR count). The first kappa shape index (κ1) is 19.1. The van der Waals surface area contributed by atoms with Gasteiger partial charge in [0.2, 0.25) is 0 Å². The lowest BCUT2D eigenvalue weighted by atomic mass is 9.91. The molecule has 2 aliphatic carbocycles. The number of benzene rings is 1. The number of hydrogen-bond donors (Lipinski definition) is 1. The van der Waals surface area contributed by atoms with Gasteiger partial charge in [-0.3, -0.25) is 9.67 Å². The number of aryl methyl sites for hydroxylation is 1. The molecule has 2 aromatic heterocycles. The van der Waals surface area contributed by atoms with Crippen molar-refractivity contribution in [3.63, 3.8) is 0 Å². The highest BCUT2D eigenvalue weighted by molar-refractivity contribution is 5.80. The van der Waals surface area contributed by atoms with Crippen LogP contribution in [0.25, 0.3) is 22.4 Å². The zero-order chi connectivity index (χ0) is 20.5. The van der Waals surface area contributed by atoms with Gasteiger partial charge in [0.1, 0.15) is 11.7 Å². The van der Waals surface area contributed by atoms with Crippen LogP contribution in [0.2, 0.25) is 0 Å². The monoisotopic (exact) mass is 401 g/mol. The Hall–Kier alpha value is -2.86. The summed E-state index contributed by atoms with van der Waals surface area (Å²) < 4.78 is 2.18. The van der Waals surface area contributed by atoms with E-state index in [1.165, 1.54) is 18.4 Å². The van der Waals surface area contributed by atoms with Gasteiger partial charge in [-0.1, -0.05) is 23.4 Å². The highest BCUT2D eigenvalue weighted by Crippen LogP contribution is 2.39. The SMILES string of the molecule is CNC1CCCC(n2cc(-c3ccc4c(c3)CCC4N=O)c(-c3ccncc3)n2)C1. The molecule has 0 radical (unpaired) electrons. The van der Waals surface area contributed by atoms with Gasteiger partial charge in [-0.25, -0.2) is 0 Å². The fourth-order valence-electron chi connectivity index (χ4n) is 5.05. The second-order valence-corrected chi connectivity index (χ2v) is 8.49. The van der Waals surface area contributed by atoms with Crippen molar-refractivity contribution in [1.29, 1.82) is 0 Å². The van der Waals surface area contributed by atoms with E-state index < -0.39 is 0 Å². The molecule has 154 valence electrons. The standard InChI is InChI=1S/C24H27N5O/c1-25-19-3-2-4-20(14-19)29-15-22(24(27-29)16-9-11-26-12-10-16)18-5-7-21-17(13-18)6-8-23(21)28-30/h5,7,9-13,15,19-20,23,25H,2-4,6,8,14H2,1H3. The molecular weight excluding hydrogens is 374 g/mol. The highest BCUT2D eigenvalue weighted by atomic mass is 16.3. The number of rotatable bonds is 5. The summed E-state index contributed by atoms with van der Waals surface area (Å²) >= 11 is 0. The third-order valence-corrected chi connectivity index (χ3v) is 6.74. The summed E-state index contributed by atoms with van der Waals surface area (Å²) in [6, 6.07) is 11.2. The Morgan fingerprint density at radius 2 is 1.97 bits per heavy atom. The van der Waals surface area contributed by atoms with Gasteiger partial charge < -0.3 is 5.32 Å². The topological polar surface area (TPSA) is 72.2 Å². The van der Waals surface area contributed by atoms with Gasteiger partial charge in [0.15, 0.2) is 0 Å². The molecule has 6 nitrogen and oxygen atoms in total. The van der Waals surface area contributed by atoms with Crippen molar-refractivity contribution in [2.45, 2.75) is 56.7 Å². The van der Waals surface area contributed by atoms with E-state index >= 15 is 0 Å². The Morgan fingerprint density at radius 1 is 1.10 bits per heavy atom. The molecule has 6 heteroatoms. The molecule has 2 aliphatic rings. The van der Waals surface area contributed by atoms with Crippen LogP contribution < -0.4 is 5.32 Å². The van der Waals surface area contributed by atoms with Gasteiger partial charge in [0.25, 0.3) is 0 Å². The lowest BCUT2D eigenvalue weighted by Crippen LogP contribution is -2.32. The lowest BCUT2D eigenvalue weighted by Gasteiger charge is -2.29. The molecule has 0 amide bonds. The van der Waals surface area contributed by atoms with Gasteiger partial charge in [-0.2, -0.15) is 10.0 Å². The van der Waals surface area contributed by atoms with Crippen LogP contribution in [-0.2, 0) is 6.42 Å².